The zero-order chi connectivity index (χ0) is 7.68. The lowest BCUT2D eigenvalue weighted by molar-refractivity contribution is 0.362. The Morgan fingerprint density at radius 2 is 1.91 bits per heavy atom. The first-order valence-electron chi connectivity index (χ1n) is 3.65. The average molecular weight is 145 g/mol. The number of para-hydroxylation sites is 1. The lowest BCUT2D eigenvalue weighted by Crippen LogP contribution is -2.03. The van der Waals surface area contributed by atoms with Crippen molar-refractivity contribution in [3.63, 3.8) is 0 Å². The average Bonchev–Trinajstić information content (AvgIpc) is 2.04. The summed E-state index contributed by atoms with van der Waals surface area (Å²) in [5.41, 5.74) is 1.15. The van der Waals surface area contributed by atoms with E-state index < -0.39 is 0 Å². The Morgan fingerprint density at radius 3 is 2.82 bits per heavy atom. The molecule has 0 N–H and O–H groups in total. The van der Waals surface area contributed by atoms with Crippen molar-refractivity contribution in [2.75, 3.05) is 0 Å². The van der Waals surface area contributed by atoms with Gasteiger partial charge in [-0.25, -0.2) is 0 Å². The molecule has 1 nitrogen and oxygen atoms in total. The van der Waals surface area contributed by atoms with Gasteiger partial charge in [0.15, 0.2) is 6.10 Å². The first kappa shape index (κ1) is 6.47. The third-order valence-electron chi connectivity index (χ3n) is 1.69. The monoisotopic (exact) mass is 145 g/mol. The van der Waals surface area contributed by atoms with E-state index in [9.17, 15) is 0 Å². The second-order valence-electron chi connectivity index (χ2n) is 2.58. The second-order valence-corrected chi connectivity index (χ2v) is 2.58. The Labute approximate surface area is 66.3 Å². The van der Waals surface area contributed by atoms with Gasteiger partial charge in [0.2, 0.25) is 0 Å². The molecule has 55 valence electrons. The van der Waals surface area contributed by atoms with Crippen molar-refractivity contribution in [3.8, 4) is 5.75 Å². The summed E-state index contributed by atoms with van der Waals surface area (Å²) in [6.07, 6.45) is 4.99. The van der Waals surface area contributed by atoms with Crippen LogP contribution in [0.3, 0.4) is 0 Å². The number of hydrogen-bond acceptors (Lipinski definition) is 1. The molecule has 0 fully saturated rings. The Hall–Kier alpha value is -1.24. The SMILES string of the molecule is C[C]1C=Cc2ccccc2O1. The van der Waals surface area contributed by atoms with Gasteiger partial charge in [0.25, 0.3) is 0 Å². The van der Waals surface area contributed by atoms with Crippen LogP contribution < -0.4 is 4.74 Å². The summed E-state index contributed by atoms with van der Waals surface area (Å²) in [6, 6.07) is 8.00. The molecule has 0 aliphatic carbocycles. The standard InChI is InChI=1S/C10H9O/c1-8-6-7-9-4-2-3-5-10(9)11-8/h2-7H,1H3. The van der Waals surface area contributed by atoms with Crippen molar-refractivity contribution in [2.45, 2.75) is 6.92 Å². The van der Waals surface area contributed by atoms with E-state index in [1.54, 1.807) is 0 Å². The molecule has 1 heteroatoms. The normalized spacial score (nSPS) is 15.7. The predicted molar refractivity (Wildman–Crippen MR) is 45.0 cm³/mol. The zero-order valence-electron chi connectivity index (χ0n) is 6.37. The molecule has 0 saturated heterocycles. The maximum atomic E-state index is 5.46. The summed E-state index contributed by atoms with van der Waals surface area (Å²) in [5.74, 6) is 0.951. The van der Waals surface area contributed by atoms with Crippen LogP contribution >= 0.6 is 0 Å². The van der Waals surface area contributed by atoms with Crippen LogP contribution in [0.4, 0.5) is 0 Å². The van der Waals surface area contributed by atoms with Gasteiger partial charge in [-0.15, -0.1) is 0 Å². The highest BCUT2D eigenvalue weighted by Crippen LogP contribution is 2.27. The number of fused-ring (bicyclic) bond motifs is 1. The van der Waals surface area contributed by atoms with Crippen LogP contribution in [0.1, 0.15) is 12.5 Å². The van der Waals surface area contributed by atoms with E-state index in [0.717, 1.165) is 17.4 Å². The Balaban J connectivity index is 2.46. The maximum absolute atomic E-state index is 5.46. The molecule has 0 atom stereocenters. The highest BCUT2D eigenvalue weighted by Gasteiger charge is 2.09. The number of benzene rings is 1. The van der Waals surface area contributed by atoms with Crippen molar-refractivity contribution in [1.82, 2.24) is 0 Å². The van der Waals surface area contributed by atoms with Crippen LogP contribution in [0.5, 0.6) is 5.75 Å². The molecule has 0 aromatic heterocycles. The van der Waals surface area contributed by atoms with E-state index in [0.29, 0.717) is 0 Å². The number of hydrogen-bond donors (Lipinski definition) is 0. The van der Waals surface area contributed by atoms with Crippen molar-refractivity contribution in [3.05, 3.63) is 42.0 Å². The van der Waals surface area contributed by atoms with Crippen molar-refractivity contribution >= 4 is 6.08 Å². The number of ether oxygens (including phenoxy) is 1. The van der Waals surface area contributed by atoms with Crippen molar-refractivity contribution < 1.29 is 4.74 Å². The maximum Gasteiger partial charge on any atom is 0.167 e. The van der Waals surface area contributed by atoms with Gasteiger partial charge in [0, 0.05) is 5.56 Å². The second kappa shape index (κ2) is 2.42. The fraction of sp³-hybridized carbons (Fsp3) is 0.100. The van der Waals surface area contributed by atoms with Gasteiger partial charge in [0.05, 0.1) is 0 Å². The van der Waals surface area contributed by atoms with Crippen molar-refractivity contribution in [1.29, 1.82) is 0 Å². The van der Waals surface area contributed by atoms with Gasteiger partial charge < -0.3 is 4.74 Å². The smallest absolute Gasteiger partial charge is 0.167 e. The molecule has 1 aromatic carbocycles. The van der Waals surface area contributed by atoms with Crippen LogP contribution in [0.2, 0.25) is 0 Å². The summed E-state index contributed by atoms with van der Waals surface area (Å²) >= 11 is 0. The van der Waals surface area contributed by atoms with E-state index in [-0.39, 0.29) is 0 Å². The summed E-state index contributed by atoms with van der Waals surface area (Å²) in [7, 11) is 0. The minimum Gasteiger partial charge on any atom is -0.478 e. The van der Waals surface area contributed by atoms with Gasteiger partial charge in [-0.05, 0) is 19.1 Å². The highest BCUT2D eigenvalue weighted by molar-refractivity contribution is 5.61. The van der Waals surface area contributed by atoms with Crippen LogP contribution in [-0.2, 0) is 0 Å². The molecule has 0 amide bonds. The van der Waals surface area contributed by atoms with E-state index >= 15 is 0 Å². The molecule has 0 spiro atoms. The molecule has 1 aromatic rings. The lowest BCUT2D eigenvalue weighted by atomic mass is 10.1. The summed E-state index contributed by atoms with van der Waals surface area (Å²) in [6.45, 7) is 1.95. The van der Waals surface area contributed by atoms with Gasteiger partial charge in [-0.3, -0.25) is 0 Å². The first-order valence-corrected chi connectivity index (χ1v) is 3.65. The fourth-order valence-electron chi connectivity index (χ4n) is 1.13. The molecule has 1 heterocycles. The van der Waals surface area contributed by atoms with E-state index in [2.05, 4.69) is 6.08 Å². The summed E-state index contributed by atoms with van der Waals surface area (Å²) in [5, 5.41) is 0. The third-order valence-corrected chi connectivity index (χ3v) is 1.69. The molecule has 1 aliphatic rings. The lowest BCUT2D eigenvalue weighted by Gasteiger charge is -2.16. The Kier molecular flexibility index (Phi) is 1.42. The van der Waals surface area contributed by atoms with Gasteiger partial charge in [0.1, 0.15) is 5.75 Å². The summed E-state index contributed by atoms with van der Waals surface area (Å²) < 4.78 is 5.46. The quantitative estimate of drug-likeness (QED) is 0.545. The largest absolute Gasteiger partial charge is 0.478 e. The third kappa shape index (κ3) is 1.14. The highest BCUT2D eigenvalue weighted by atomic mass is 16.5. The zero-order valence-corrected chi connectivity index (χ0v) is 6.37. The summed E-state index contributed by atoms with van der Waals surface area (Å²) in [4.78, 5) is 0. The topological polar surface area (TPSA) is 9.23 Å². The van der Waals surface area contributed by atoms with Gasteiger partial charge in [-0.1, -0.05) is 24.3 Å². The van der Waals surface area contributed by atoms with E-state index in [1.165, 1.54) is 0 Å². The minimum atomic E-state index is 0.948. The Morgan fingerprint density at radius 1 is 1.09 bits per heavy atom. The molecule has 0 bridgehead atoms. The Bertz CT molecular complexity index is 289. The molecule has 0 saturated carbocycles. The van der Waals surface area contributed by atoms with Crippen LogP contribution in [0.25, 0.3) is 6.08 Å². The van der Waals surface area contributed by atoms with Gasteiger partial charge in [-0.2, -0.15) is 0 Å². The molecule has 1 radical (unpaired) electrons. The molecule has 2 rings (SSSR count). The predicted octanol–water partition coefficient (Wildman–Crippen LogP) is 2.64. The van der Waals surface area contributed by atoms with Gasteiger partial charge >= 0.3 is 0 Å². The van der Waals surface area contributed by atoms with E-state index in [4.69, 9.17) is 4.74 Å². The van der Waals surface area contributed by atoms with Crippen LogP contribution in [0.15, 0.2) is 30.3 Å². The molecular formula is C10H9O. The molecular weight excluding hydrogens is 136 g/mol. The molecule has 0 unspecified atom stereocenters. The van der Waals surface area contributed by atoms with Crippen LogP contribution in [-0.4, -0.2) is 0 Å². The fourth-order valence-corrected chi connectivity index (χ4v) is 1.13. The molecule has 11 heavy (non-hydrogen) atoms. The van der Waals surface area contributed by atoms with Crippen molar-refractivity contribution in [2.24, 2.45) is 0 Å². The number of rotatable bonds is 0. The minimum absolute atomic E-state index is 0.948. The first-order chi connectivity index (χ1) is 5.36. The van der Waals surface area contributed by atoms with Crippen LogP contribution in [0, 0.1) is 6.10 Å². The molecule has 1 aliphatic heterocycles. The van der Waals surface area contributed by atoms with E-state index in [1.807, 2.05) is 37.3 Å².